The standard InChI is InChI=1S/C16H12N4S/c17-12-4-2-1-3-10(12)9-5-6-11-13(7-9)21-15-14(11)19-8-20-16(15)18/h1-8H,17H2,(H2,18,19,20). The topological polar surface area (TPSA) is 77.8 Å². The van der Waals surface area contributed by atoms with Crippen LogP contribution in [0.4, 0.5) is 11.5 Å². The molecule has 2 heterocycles. The van der Waals surface area contributed by atoms with Gasteiger partial charge in [0.15, 0.2) is 0 Å². The molecule has 0 bridgehead atoms. The average Bonchev–Trinajstić information content (AvgIpc) is 2.87. The molecular weight excluding hydrogens is 280 g/mol. The van der Waals surface area contributed by atoms with Crippen LogP contribution in [-0.4, -0.2) is 9.97 Å². The van der Waals surface area contributed by atoms with Crippen LogP contribution in [0.25, 0.3) is 31.4 Å². The van der Waals surface area contributed by atoms with Crippen molar-refractivity contribution >= 4 is 43.1 Å². The number of hydrogen-bond donors (Lipinski definition) is 2. The van der Waals surface area contributed by atoms with Crippen LogP contribution in [0.3, 0.4) is 0 Å². The minimum Gasteiger partial charge on any atom is -0.398 e. The van der Waals surface area contributed by atoms with Crippen molar-refractivity contribution in [1.82, 2.24) is 9.97 Å². The van der Waals surface area contributed by atoms with Crippen LogP contribution in [0.15, 0.2) is 48.8 Å². The van der Waals surface area contributed by atoms with E-state index < -0.39 is 0 Å². The number of anilines is 2. The molecule has 4 rings (SSSR count). The largest absolute Gasteiger partial charge is 0.398 e. The normalized spacial score (nSPS) is 11.2. The van der Waals surface area contributed by atoms with Gasteiger partial charge in [0.2, 0.25) is 0 Å². The van der Waals surface area contributed by atoms with Gasteiger partial charge in [0.25, 0.3) is 0 Å². The highest BCUT2D eigenvalue weighted by atomic mass is 32.1. The molecule has 5 heteroatoms. The van der Waals surface area contributed by atoms with E-state index in [1.165, 1.54) is 6.33 Å². The molecule has 0 amide bonds. The molecule has 0 spiro atoms. The highest BCUT2D eigenvalue weighted by molar-refractivity contribution is 7.26. The summed E-state index contributed by atoms with van der Waals surface area (Å²) in [6.07, 6.45) is 1.51. The summed E-state index contributed by atoms with van der Waals surface area (Å²) in [4.78, 5) is 8.40. The lowest BCUT2D eigenvalue weighted by Gasteiger charge is -2.05. The second-order valence-corrected chi connectivity index (χ2v) is 5.89. The number of nitrogens with zero attached hydrogens (tertiary/aromatic N) is 2. The monoisotopic (exact) mass is 292 g/mol. The predicted molar refractivity (Wildman–Crippen MR) is 89.2 cm³/mol. The van der Waals surface area contributed by atoms with Gasteiger partial charge < -0.3 is 11.5 Å². The van der Waals surface area contributed by atoms with E-state index in [1.54, 1.807) is 11.3 Å². The van der Waals surface area contributed by atoms with Crippen molar-refractivity contribution in [2.24, 2.45) is 0 Å². The number of benzene rings is 2. The van der Waals surface area contributed by atoms with E-state index in [9.17, 15) is 0 Å². The number of aromatic nitrogens is 2. The van der Waals surface area contributed by atoms with E-state index in [2.05, 4.69) is 28.2 Å². The Morgan fingerprint density at radius 3 is 2.67 bits per heavy atom. The molecule has 21 heavy (non-hydrogen) atoms. The minimum atomic E-state index is 0.530. The lowest BCUT2D eigenvalue weighted by atomic mass is 10.0. The van der Waals surface area contributed by atoms with Gasteiger partial charge in [-0.3, -0.25) is 0 Å². The number of para-hydroxylation sites is 1. The Kier molecular flexibility index (Phi) is 2.55. The molecule has 2 aromatic carbocycles. The van der Waals surface area contributed by atoms with E-state index in [4.69, 9.17) is 11.5 Å². The van der Waals surface area contributed by atoms with Gasteiger partial charge in [-0.1, -0.05) is 30.3 Å². The lowest BCUT2D eigenvalue weighted by molar-refractivity contribution is 1.24. The third-order valence-corrected chi connectivity index (χ3v) is 4.72. The first-order valence-electron chi connectivity index (χ1n) is 6.51. The van der Waals surface area contributed by atoms with Crippen LogP contribution in [0.2, 0.25) is 0 Å². The molecule has 102 valence electrons. The summed E-state index contributed by atoms with van der Waals surface area (Å²) in [5.74, 6) is 0.530. The molecule has 0 atom stereocenters. The Morgan fingerprint density at radius 2 is 1.81 bits per heavy atom. The van der Waals surface area contributed by atoms with Crippen molar-refractivity contribution in [2.45, 2.75) is 0 Å². The predicted octanol–water partition coefficient (Wildman–Crippen LogP) is 3.68. The number of nitrogens with two attached hydrogens (primary N) is 2. The van der Waals surface area contributed by atoms with Gasteiger partial charge in [0.1, 0.15) is 12.1 Å². The zero-order valence-corrected chi connectivity index (χ0v) is 11.9. The molecule has 4 aromatic rings. The SMILES string of the molecule is Nc1ccccc1-c1ccc2c(c1)sc1c(N)ncnc12. The highest BCUT2D eigenvalue weighted by Gasteiger charge is 2.11. The van der Waals surface area contributed by atoms with Crippen LogP contribution in [0.5, 0.6) is 0 Å². The number of thiophene rings is 1. The molecule has 0 aliphatic carbocycles. The quantitative estimate of drug-likeness (QED) is 0.525. The Balaban J connectivity index is 2.01. The first-order valence-corrected chi connectivity index (χ1v) is 7.33. The molecule has 2 aromatic heterocycles. The van der Waals surface area contributed by atoms with E-state index in [0.29, 0.717) is 5.82 Å². The van der Waals surface area contributed by atoms with E-state index >= 15 is 0 Å². The molecule has 0 radical (unpaired) electrons. The maximum absolute atomic E-state index is 6.06. The second kappa shape index (κ2) is 4.43. The molecule has 0 unspecified atom stereocenters. The van der Waals surface area contributed by atoms with Gasteiger partial charge in [-0.05, 0) is 17.7 Å². The summed E-state index contributed by atoms with van der Waals surface area (Å²) >= 11 is 1.61. The van der Waals surface area contributed by atoms with Gasteiger partial charge in [-0.2, -0.15) is 0 Å². The Labute approximate surface area is 125 Å². The molecule has 0 aliphatic rings. The van der Waals surface area contributed by atoms with Crippen molar-refractivity contribution in [2.75, 3.05) is 11.5 Å². The maximum atomic E-state index is 6.06. The zero-order valence-electron chi connectivity index (χ0n) is 11.1. The maximum Gasteiger partial charge on any atom is 0.144 e. The van der Waals surface area contributed by atoms with Crippen LogP contribution in [-0.2, 0) is 0 Å². The molecule has 0 fully saturated rings. The third-order valence-electron chi connectivity index (χ3n) is 3.55. The zero-order chi connectivity index (χ0) is 14.4. The smallest absolute Gasteiger partial charge is 0.144 e. The van der Waals surface area contributed by atoms with Crippen LogP contribution >= 0.6 is 11.3 Å². The van der Waals surface area contributed by atoms with Crippen molar-refractivity contribution < 1.29 is 0 Å². The highest BCUT2D eigenvalue weighted by Crippen LogP contribution is 2.37. The van der Waals surface area contributed by atoms with Crippen LogP contribution in [0.1, 0.15) is 0 Å². The van der Waals surface area contributed by atoms with E-state index in [-0.39, 0.29) is 0 Å². The van der Waals surface area contributed by atoms with E-state index in [1.807, 2.05) is 24.3 Å². The molecule has 0 saturated heterocycles. The van der Waals surface area contributed by atoms with E-state index in [0.717, 1.165) is 37.1 Å². The summed E-state index contributed by atoms with van der Waals surface area (Å²) in [6, 6.07) is 14.1. The molecule has 4 nitrogen and oxygen atoms in total. The van der Waals surface area contributed by atoms with Crippen molar-refractivity contribution in [3.8, 4) is 11.1 Å². The molecule has 0 aliphatic heterocycles. The van der Waals surface area contributed by atoms with Gasteiger partial charge >= 0.3 is 0 Å². The third kappa shape index (κ3) is 1.82. The lowest BCUT2D eigenvalue weighted by Crippen LogP contribution is -1.90. The number of hydrogen-bond acceptors (Lipinski definition) is 5. The number of rotatable bonds is 1. The summed E-state index contributed by atoms with van der Waals surface area (Å²) in [5.41, 5.74) is 15.8. The van der Waals surface area contributed by atoms with Crippen LogP contribution < -0.4 is 11.5 Å². The molecular formula is C16H12N4S. The fraction of sp³-hybridized carbons (Fsp3) is 0. The fourth-order valence-electron chi connectivity index (χ4n) is 2.52. The van der Waals surface area contributed by atoms with Crippen molar-refractivity contribution in [3.05, 3.63) is 48.8 Å². The molecule has 0 saturated carbocycles. The van der Waals surface area contributed by atoms with Gasteiger partial charge in [0, 0.05) is 21.3 Å². The summed E-state index contributed by atoms with van der Waals surface area (Å²) < 4.78 is 2.07. The Bertz CT molecular complexity index is 975. The first kappa shape index (κ1) is 12.1. The average molecular weight is 292 g/mol. The Morgan fingerprint density at radius 1 is 0.952 bits per heavy atom. The molecule has 4 N–H and O–H groups in total. The van der Waals surface area contributed by atoms with Gasteiger partial charge in [-0.15, -0.1) is 11.3 Å². The van der Waals surface area contributed by atoms with Crippen molar-refractivity contribution in [1.29, 1.82) is 0 Å². The summed E-state index contributed by atoms with van der Waals surface area (Å²) in [5, 5.41) is 1.10. The summed E-state index contributed by atoms with van der Waals surface area (Å²) in [6.45, 7) is 0. The summed E-state index contributed by atoms with van der Waals surface area (Å²) in [7, 11) is 0. The second-order valence-electron chi connectivity index (χ2n) is 4.84. The van der Waals surface area contributed by atoms with Crippen molar-refractivity contribution in [3.63, 3.8) is 0 Å². The van der Waals surface area contributed by atoms with Gasteiger partial charge in [-0.25, -0.2) is 9.97 Å². The first-order chi connectivity index (χ1) is 10.2. The Hall–Kier alpha value is -2.66. The minimum absolute atomic E-state index is 0.530. The number of fused-ring (bicyclic) bond motifs is 3. The van der Waals surface area contributed by atoms with Gasteiger partial charge in [0.05, 0.1) is 10.2 Å². The number of nitrogen functional groups attached to an aromatic ring is 2. The van der Waals surface area contributed by atoms with Crippen LogP contribution in [0, 0.1) is 0 Å². The fourth-order valence-corrected chi connectivity index (χ4v) is 3.62.